The standard InChI is InChI=1S/C16H21NO2S/c1-5-7-11-19-13-9-8-10-14(12-13)20-15(18)17-16(3,4)6-2/h2,8-10,12H,5,7,11H2,1,3-4H3,(H,17,18). The van der Waals surface area contributed by atoms with Crippen LogP contribution in [0.15, 0.2) is 29.2 Å². The van der Waals surface area contributed by atoms with Crippen LogP contribution in [0.1, 0.15) is 33.6 Å². The summed E-state index contributed by atoms with van der Waals surface area (Å²) in [6.07, 6.45) is 7.46. The maximum atomic E-state index is 11.9. The first-order chi connectivity index (χ1) is 9.46. The number of hydrogen-bond acceptors (Lipinski definition) is 3. The average Bonchev–Trinajstić information content (AvgIpc) is 2.39. The fourth-order valence-corrected chi connectivity index (χ4v) is 2.23. The normalized spacial score (nSPS) is 10.7. The largest absolute Gasteiger partial charge is 0.494 e. The topological polar surface area (TPSA) is 38.3 Å². The molecule has 108 valence electrons. The van der Waals surface area contributed by atoms with Gasteiger partial charge in [0.25, 0.3) is 5.24 Å². The van der Waals surface area contributed by atoms with E-state index >= 15 is 0 Å². The van der Waals surface area contributed by atoms with Crippen LogP contribution < -0.4 is 10.1 Å². The summed E-state index contributed by atoms with van der Waals surface area (Å²) in [6, 6.07) is 7.51. The van der Waals surface area contributed by atoms with E-state index < -0.39 is 5.54 Å². The van der Waals surface area contributed by atoms with E-state index in [1.54, 1.807) is 13.8 Å². The van der Waals surface area contributed by atoms with Crippen LogP contribution in [-0.2, 0) is 0 Å². The molecule has 1 aromatic carbocycles. The van der Waals surface area contributed by atoms with Crippen molar-refractivity contribution >= 4 is 17.0 Å². The highest BCUT2D eigenvalue weighted by Gasteiger charge is 2.17. The highest BCUT2D eigenvalue weighted by atomic mass is 32.2. The maximum Gasteiger partial charge on any atom is 0.285 e. The van der Waals surface area contributed by atoms with Crippen molar-refractivity contribution in [2.45, 2.75) is 44.0 Å². The highest BCUT2D eigenvalue weighted by molar-refractivity contribution is 8.13. The first-order valence-electron chi connectivity index (χ1n) is 6.67. The van der Waals surface area contributed by atoms with Crippen molar-refractivity contribution in [3.8, 4) is 18.1 Å². The predicted molar refractivity (Wildman–Crippen MR) is 84.1 cm³/mol. The van der Waals surface area contributed by atoms with Crippen LogP contribution in [0.2, 0.25) is 0 Å². The summed E-state index contributed by atoms with van der Waals surface area (Å²) in [6.45, 7) is 6.39. The highest BCUT2D eigenvalue weighted by Crippen LogP contribution is 2.24. The first-order valence-corrected chi connectivity index (χ1v) is 7.49. The van der Waals surface area contributed by atoms with Crippen molar-refractivity contribution in [2.24, 2.45) is 0 Å². The molecule has 20 heavy (non-hydrogen) atoms. The molecular formula is C16H21NO2S. The van der Waals surface area contributed by atoms with Gasteiger partial charge in [-0.3, -0.25) is 4.79 Å². The van der Waals surface area contributed by atoms with Crippen LogP contribution in [0.5, 0.6) is 5.75 Å². The summed E-state index contributed by atoms with van der Waals surface area (Å²) in [5.41, 5.74) is -0.640. The molecule has 0 saturated heterocycles. The van der Waals surface area contributed by atoms with E-state index in [1.807, 2.05) is 24.3 Å². The first kappa shape index (κ1) is 16.5. The number of unbranched alkanes of at least 4 members (excludes halogenated alkanes) is 1. The number of ether oxygens (including phenoxy) is 1. The molecule has 0 aliphatic heterocycles. The number of amides is 1. The molecule has 0 radical (unpaired) electrons. The fraction of sp³-hybridized carbons (Fsp3) is 0.438. The number of carbonyl (C=O) groups is 1. The zero-order valence-electron chi connectivity index (χ0n) is 12.2. The van der Waals surface area contributed by atoms with Gasteiger partial charge >= 0.3 is 0 Å². The Bertz CT molecular complexity index is 491. The third-order valence-corrected chi connectivity index (χ3v) is 3.34. The lowest BCUT2D eigenvalue weighted by Gasteiger charge is -2.18. The fourth-order valence-electron chi connectivity index (χ4n) is 1.39. The number of nitrogens with one attached hydrogen (secondary N) is 1. The molecule has 0 aliphatic rings. The van der Waals surface area contributed by atoms with E-state index in [2.05, 4.69) is 18.2 Å². The van der Waals surface area contributed by atoms with Crippen molar-refractivity contribution < 1.29 is 9.53 Å². The van der Waals surface area contributed by atoms with Crippen molar-refractivity contribution in [2.75, 3.05) is 6.61 Å². The van der Waals surface area contributed by atoms with Crippen molar-refractivity contribution in [3.05, 3.63) is 24.3 Å². The molecule has 0 atom stereocenters. The van der Waals surface area contributed by atoms with Gasteiger partial charge in [-0.05, 0) is 50.2 Å². The minimum atomic E-state index is -0.640. The molecule has 0 fully saturated rings. The zero-order chi connectivity index (χ0) is 15.0. The summed E-state index contributed by atoms with van der Waals surface area (Å²) >= 11 is 1.11. The van der Waals surface area contributed by atoms with E-state index in [0.29, 0.717) is 6.61 Å². The van der Waals surface area contributed by atoms with E-state index in [-0.39, 0.29) is 5.24 Å². The van der Waals surface area contributed by atoms with Gasteiger partial charge < -0.3 is 10.1 Å². The summed E-state index contributed by atoms with van der Waals surface area (Å²) < 4.78 is 5.61. The Morgan fingerprint density at radius 2 is 2.25 bits per heavy atom. The van der Waals surface area contributed by atoms with Gasteiger partial charge in [0, 0.05) is 4.90 Å². The molecule has 3 nitrogen and oxygen atoms in total. The Morgan fingerprint density at radius 1 is 1.50 bits per heavy atom. The molecule has 1 aromatic rings. The molecular weight excluding hydrogens is 270 g/mol. The number of carbonyl (C=O) groups excluding carboxylic acids is 1. The number of terminal acetylenes is 1. The second-order valence-corrected chi connectivity index (χ2v) is 6.01. The van der Waals surface area contributed by atoms with Crippen LogP contribution in [0.3, 0.4) is 0 Å². The Morgan fingerprint density at radius 3 is 2.90 bits per heavy atom. The lowest BCUT2D eigenvalue weighted by Crippen LogP contribution is -2.39. The number of benzene rings is 1. The van der Waals surface area contributed by atoms with Crippen LogP contribution in [0, 0.1) is 12.3 Å². The minimum Gasteiger partial charge on any atom is -0.494 e. The zero-order valence-corrected chi connectivity index (χ0v) is 13.0. The Hall–Kier alpha value is -1.60. The number of thioether (sulfide) groups is 1. The summed E-state index contributed by atoms with van der Waals surface area (Å²) in [7, 11) is 0. The third-order valence-electron chi connectivity index (χ3n) is 2.56. The smallest absolute Gasteiger partial charge is 0.285 e. The minimum absolute atomic E-state index is 0.168. The van der Waals surface area contributed by atoms with E-state index in [0.717, 1.165) is 35.2 Å². The van der Waals surface area contributed by atoms with Gasteiger partial charge in [-0.2, -0.15) is 0 Å². The molecule has 4 heteroatoms. The van der Waals surface area contributed by atoms with Crippen molar-refractivity contribution in [1.82, 2.24) is 5.32 Å². The Balaban J connectivity index is 2.58. The van der Waals surface area contributed by atoms with Gasteiger partial charge in [0.2, 0.25) is 0 Å². The molecule has 0 spiro atoms. The third kappa shape index (κ3) is 6.03. The molecule has 0 unspecified atom stereocenters. The SMILES string of the molecule is C#CC(C)(C)NC(=O)Sc1cccc(OCCCC)c1. The molecule has 0 aliphatic carbocycles. The van der Waals surface area contributed by atoms with Gasteiger partial charge in [0.1, 0.15) is 5.75 Å². The van der Waals surface area contributed by atoms with Crippen molar-refractivity contribution in [1.29, 1.82) is 0 Å². The monoisotopic (exact) mass is 291 g/mol. The molecule has 0 heterocycles. The molecule has 0 saturated carbocycles. The van der Waals surface area contributed by atoms with Gasteiger partial charge in [0.05, 0.1) is 12.1 Å². The van der Waals surface area contributed by atoms with E-state index in [9.17, 15) is 4.79 Å². The number of rotatable bonds is 6. The maximum absolute atomic E-state index is 11.9. The van der Waals surface area contributed by atoms with E-state index in [1.165, 1.54) is 0 Å². The second kappa shape index (κ2) is 7.86. The summed E-state index contributed by atoms with van der Waals surface area (Å²) in [5.74, 6) is 3.32. The predicted octanol–water partition coefficient (Wildman–Crippen LogP) is 4.08. The molecule has 1 amide bonds. The van der Waals surface area contributed by atoms with Gasteiger partial charge in [-0.25, -0.2) is 0 Å². The average molecular weight is 291 g/mol. The molecule has 1 rings (SSSR count). The van der Waals surface area contributed by atoms with E-state index in [4.69, 9.17) is 11.2 Å². The van der Waals surface area contributed by atoms with Crippen molar-refractivity contribution in [3.63, 3.8) is 0 Å². The lowest BCUT2D eigenvalue weighted by molar-refractivity contribution is 0.256. The Labute approximate surface area is 125 Å². The number of hydrogen-bond donors (Lipinski definition) is 1. The van der Waals surface area contributed by atoms with Gasteiger partial charge in [-0.1, -0.05) is 25.3 Å². The summed E-state index contributed by atoms with van der Waals surface area (Å²) in [4.78, 5) is 12.7. The van der Waals surface area contributed by atoms with Crippen LogP contribution >= 0.6 is 11.8 Å². The lowest BCUT2D eigenvalue weighted by atomic mass is 10.1. The molecule has 0 bridgehead atoms. The molecule has 1 N–H and O–H groups in total. The Kier molecular flexibility index (Phi) is 6.47. The molecule has 0 aromatic heterocycles. The van der Waals surface area contributed by atoms with Gasteiger partial charge in [0.15, 0.2) is 0 Å². The van der Waals surface area contributed by atoms with Crippen LogP contribution in [0.25, 0.3) is 0 Å². The second-order valence-electron chi connectivity index (χ2n) is 4.96. The van der Waals surface area contributed by atoms with Crippen LogP contribution in [0.4, 0.5) is 4.79 Å². The summed E-state index contributed by atoms with van der Waals surface area (Å²) in [5, 5.41) is 2.61. The quantitative estimate of drug-likeness (QED) is 0.487. The van der Waals surface area contributed by atoms with Crippen LogP contribution in [-0.4, -0.2) is 17.4 Å². The van der Waals surface area contributed by atoms with Gasteiger partial charge in [-0.15, -0.1) is 6.42 Å².